The minimum Gasteiger partial charge on any atom is -0.406 e. The van der Waals surface area contributed by atoms with Crippen LogP contribution in [0.5, 0.6) is 5.75 Å². The SMILES string of the molecule is CC(O)(C(=O)NO)c1ccccc1SN1CCC(N2CCC(c3ccc(OC(F)(F)F)cc3)CC2)CC1. The van der Waals surface area contributed by atoms with E-state index in [1.807, 2.05) is 12.1 Å². The van der Waals surface area contributed by atoms with E-state index in [4.69, 9.17) is 5.21 Å². The van der Waals surface area contributed by atoms with Gasteiger partial charge < -0.3 is 14.7 Å². The van der Waals surface area contributed by atoms with Crippen molar-refractivity contribution in [1.82, 2.24) is 14.7 Å². The lowest BCUT2D eigenvalue weighted by atomic mass is 9.88. The second kappa shape index (κ2) is 11.6. The molecule has 1 atom stereocenters. The zero-order valence-corrected chi connectivity index (χ0v) is 21.4. The van der Waals surface area contributed by atoms with Crippen LogP contribution in [0.3, 0.4) is 0 Å². The Bertz CT molecular complexity index is 1050. The summed E-state index contributed by atoms with van der Waals surface area (Å²) in [5.74, 6) is -0.748. The maximum absolute atomic E-state index is 12.4. The van der Waals surface area contributed by atoms with E-state index in [9.17, 15) is 23.1 Å². The van der Waals surface area contributed by atoms with Gasteiger partial charge in [-0.05, 0) is 87.3 Å². The van der Waals surface area contributed by atoms with Gasteiger partial charge in [-0.15, -0.1) is 13.2 Å². The van der Waals surface area contributed by atoms with Gasteiger partial charge in [-0.1, -0.05) is 30.3 Å². The smallest absolute Gasteiger partial charge is 0.406 e. The van der Waals surface area contributed by atoms with Gasteiger partial charge in [0.05, 0.1) is 0 Å². The molecule has 2 aliphatic heterocycles. The number of carbonyl (C=O) groups excluding carboxylic acids is 1. The van der Waals surface area contributed by atoms with Crippen LogP contribution in [0, 0.1) is 0 Å². The van der Waals surface area contributed by atoms with Crippen LogP contribution in [0.15, 0.2) is 53.4 Å². The number of ether oxygens (including phenoxy) is 1. The van der Waals surface area contributed by atoms with Gasteiger partial charge in [0.25, 0.3) is 5.91 Å². The molecule has 11 heteroatoms. The highest BCUT2D eigenvalue weighted by Crippen LogP contribution is 2.36. The topological polar surface area (TPSA) is 85.3 Å². The Morgan fingerprint density at radius 1 is 1.00 bits per heavy atom. The van der Waals surface area contributed by atoms with Gasteiger partial charge >= 0.3 is 6.36 Å². The molecule has 2 aromatic rings. The normalized spacial score (nSPS) is 20.4. The van der Waals surface area contributed by atoms with Gasteiger partial charge in [-0.3, -0.25) is 10.0 Å². The number of amides is 1. The number of benzene rings is 2. The maximum Gasteiger partial charge on any atom is 0.573 e. The average Bonchev–Trinajstić information content (AvgIpc) is 2.88. The summed E-state index contributed by atoms with van der Waals surface area (Å²) in [6.45, 7) is 4.98. The standard InChI is InChI=1S/C26H32F3N3O4S/c1-25(34,24(33)30-35)22-4-2-3-5-23(22)37-32-16-12-20(13-17-32)31-14-10-19(11-15-31)18-6-8-21(9-7-18)36-26(27,28)29/h2-9,19-20,34-35H,10-17H2,1H3,(H,30,33). The number of hydroxylamine groups is 1. The molecule has 1 unspecified atom stereocenters. The van der Waals surface area contributed by atoms with Gasteiger partial charge in [0.1, 0.15) is 5.75 Å². The zero-order chi connectivity index (χ0) is 26.6. The van der Waals surface area contributed by atoms with Gasteiger partial charge in [-0.2, -0.15) is 0 Å². The molecule has 0 bridgehead atoms. The molecule has 2 heterocycles. The highest BCUT2D eigenvalue weighted by molar-refractivity contribution is 7.97. The van der Waals surface area contributed by atoms with Gasteiger partial charge in [-0.25, -0.2) is 9.79 Å². The quantitative estimate of drug-likeness (QED) is 0.268. The van der Waals surface area contributed by atoms with Crippen LogP contribution in [-0.2, 0) is 10.4 Å². The monoisotopic (exact) mass is 539 g/mol. The van der Waals surface area contributed by atoms with Crippen molar-refractivity contribution in [3.8, 4) is 5.75 Å². The van der Waals surface area contributed by atoms with Crippen LogP contribution in [-0.4, -0.2) is 64.0 Å². The Balaban J connectivity index is 1.27. The van der Waals surface area contributed by atoms with Crippen LogP contribution >= 0.6 is 11.9 Å². The lowest BCUT2D eigenvalue weighted by molar-refractivity contribution is -0.274. The summed E-state index contributed by atoms with van der Waals surface area (Å²) in [6, 6.07) is 13.9. The largest absolute Gasteiger partial charge is 0.573 e. The Morgan fingerprint density at radius 2 is 1.62 bits per heavy atom. The predicted octanol–water partition coefficient (Wildman–Crippen LogP) is 4.65. The number of piperidine rings is 2. The van der Waals surface area contributed by atoms with Crippen molar-refractivity contribution in [2.45, 2.75) is 61.4 Å². The van der Waals surface area contributed by atoms with Crippen molar-refractivity contribution in [3.63, 3.8) is 0 Å². The first kappa shape index (κ1) is 27.7. The van der Waals surface area contributed by atoms with E-state index in [-0.39, 0.29) is 5.75 Å². The Morgan fingerprint density at radius 3 is 2.22 bits per heavy atom. The molecule has 1 amide bonds. The third-order valence-electron chi connectivity index (χ3n) is 7.24. The number of aliphatic hydroxyl groups is 1. The third-order valence-corrected chi connectivity index (χ3v) is 8.41. The van der Waals surface area contributed by atoms with Crippen molar-refractivity contribution >= 4 is 17.9 Å². The molecule has 37 heavy (non-hydrogen) atoms. The fourth-order valence-electron chi connectivity index (χ4n) is 5.16. The zero-order valence-electron chi connectivity index (χ0n) is 20.6. The van der Waals surface area contributed by atoms with Crippen LogP contribution in [0.2, 0.25) is 0 Å². The van der Waals surface area contributed by atoms with E-state index in [1.54, 1.807) is 24.3 Å². The third kappa shape index (κ3) is 6.97. The second-order valence-corrected chi connectivity index (χ2v) is 10.8. The minimum atomic E-state index is -4.68. The summed E-state index contributed by atoms with van der Waals surface area (Å²) in [4.78, 5) is 15.3. The number of hydrogen-bond acceptors (Lipinski definition) is 7. The molecule has 7 nitrogen and oxygen atoms in total. The Kier molecular flexibility index (Phi) is 8.70. The van der Waals surface area contributed by atoms with E-state index < -0.39 is 17.9 Å². The van der Waals surface area contributed by atoms with Crippen LogP contribution < -0.4 is 10.2 Å². The second-order valence-electron chi connectivity index (χ2n) is 9.69. The molecule has 202 valence electrons. The van der Waals surface area contributed by atoms with Crippen LogP contribution in [0.25, 0.3) is 0 Å². The molecule has 2 aromatic carbocycles. The summed E-state index contributed by atoms with van der Waals surface area (Å²) in [7, 11) is 0. The lowest BCUT2D eigenvalue weighted by Gasteiger charge is -2.41. The number of alkyl halides is 3. The molecule has 0 saturated carbocycles. The Labute approximate surface area is 218 Å². The first-order valence-corrected chi connectivity index (χ1v) is 13.1. The van der Waals surface area contributed by atoms with E-state index in [2.05, 4.69) is 13.9 Å². The van der Waals surface area contributed by atoms with Crippen molar-refractivity contribution in [2.24, 2.45) is 0 Å². The van der Waals surface area contributed by atoms with Crippen molar-refractivity contribution in [3.05, 3.63) is 59.7 Å². The van der Waals surface area contributed by atoms with Crippen LogP contribution in [0.1, 0.15) is 49.7 Å². The molecular weight excluding hydrogens is 507 g/mol. The number of nitrogens with zero attached hydrogens (tertiary/aromatic N) is 2. The van der Waals surface area contributed by atoms with Gasteiger partial charge in [0.15, 0.2) is 5.60 Å². The lowest BCUT2D eigenvalue weighted by Crippen LogP contribution is -2.46. The highest BCUT2D eigenvalue weighted by Gasteiger charge is 2.36. The summed E-state index contributed by atoms with van der Waals surface area (Å²) >= 11 is 1.51. The molecule has 2 saturated heterocycles. The Hall–Kier alpha value is -2.31. The molecule has 0 aliphatic carbocycles. The molecule has 4 rings (SSSR count). The fraction of sp³-hybridized carbons (Fsp3) is 0.500. The molecule has 0 spiro atoms. The molecule has 3 N–H and O–H groups in total. The first-order chi connectivity index (χ1) is 17.6. The van der Waals surface area contributed by atoms with E-state index in [0.29, 0.717) is 17.5 Å². The van der Waals surface area contributed by atoms with Gasteiger partial charge in [0, 0.05) is 29.6 Å². The molecule has 2 fully saturated rings. The summed E-state index contributed by atoms with van der Waals surface area (Å²) < 4.78 is 43.4. The van der Waals surface area contributed by atoms with Crippen molar-refractivity contribution in [2.75, 3.05) is 26.2 Å². The molecule has 2 aliphatic rings. The van der Waals surface area contributed by atoms with E-state index >= 15 is 0 Å². The first-order valence-electron chi connectivity index (χ1n) is 12.4. The summed E-state index contributed by atoms with van der Waals surface area (Å²) in [5, 5.41) is 19.7. The van der Waals surface area contributed by atoms with E-state index in [0.717, 1.165) is 62.3 Å². The number of halogens is 3. The van der Waals surface area contributed by atoms with Crippen molar-refractivity contribution < 1.29 is 33.0 Å². The summed E-state index contributed by atoms with van der Waals surface area (Å²) in [6.07, 6.45) is -0.762. The highest BCUT2D eigenvalue weighted by atomic mass is 32.2. The molecule has 0 aromatic heterocycles. The number of carbonyl (C=O) groups is 1. The van der Waals surface area contributed by atoms with Crippen LogP contribution in [0.4, 0.5) is 13.2 Å². The number of nitrogens with one attached hydrogen (secondary N) is 1. The number of likely N-dealkylation sites (tertiary alicyclic amines) is 1. The minimum absolute atomic E-state index is 0.193. The maximum atomic E-state index is 12.4. The number of hydrogen-bond donors (Lipinski definition) is 3. The van der Waals surface area contributed by atoms with Gasteiger partial charge in [0.2, 0.25) is 0 Å². The van der Waals surface area contributed by atoms with E-state index in [1.165, 1.54) is 36.5 Å². The number of rotatable bonds is 7. The van der Waals surface area contributed by atoms with Crippen molar-refractivity contribution in [1.29, 1.82) is 0 Å². The summed E-state index contributed by atoms with van der Waals surface area (Å²) in [5.41, 5.74) is 1.17. The fourth-order valence-corrected chi connectivity index (χ4v) is 6.33. The predicted molar refractivity (Wildman–Crippen MR) is 133 cm³/mol. The molecular formula is C26H32F3N3O4S. The average molecular weight is 540 g/mol. The molecule has 0 radical (unpaired) electrons.